The van der Waals surface area contributed by atoms with E-state index in [1.54, 1.807) is 24.3 Å². The van der Waals surface area contributed by atoms with Crippen molar-refractivity contribution in [3.05, 3.63) is 35.4 Å². The number of aliphatic hydroxyl groups excluding tert-OH is 1. The molecule has 0 aliphatic carbocycles. The standard InChI is InChI=1S/C22H30N6O6S.C2HF3O2/c23-22(24)27-11-5-8-16(20(27)31)25-18(29)12-26-10-4-3-9-17(21(26)32)28-19(30)15-7-2-1-6-14(15)13-35(28,33)34;3-2(4,5)1(6)7/h1-2,6-7,16-17,20,31H,3-5,8-13H2,(H3,23,24)(H,25,29);(H,6,7)/t16-,17-,20?;/m0./s1. The summed E-state index contributed by atoms with van der Waals surface area (Å²) in [5.74, 6) is -5.27. The molecule has 1 aromatic carbocycles. The summed E-state index contributed by atoms with van der Waals surface area (Å²) in [6.45, 7) is 0.308. The van der Waals surface area contributed by atoms with Crippen LogP contribution in [0.1, 0.15) is 48.0 Å². The number of benzene rings is 1. The molecule has 1 unspecified atom stereocenters. The Morgan fingerprint density at radius 2 is 1.74 bits per heavy atom. The van der Waals surface area contributed by atoms with Crippen LogP contribution in [-0.2, 0) is 30.2 Å². The lowest BCUT2D eigenvalue weighted by atomic mass is 10.0. The summed E-state index contributed by atoms with van der Waals surface area (Å²) in [5.41, 5.74) is 6.14. The van der Waals surface area contributed by atoms with Gasteiger partial charge in [0.15, 0.2) is 5.96 Å². The molecular formula is C24H31F3N6O8S. The topological polar surface area (TPSA) is 214 Å². The maximum Gasteiger partial charge on any atom is 0.490 e. The fourth-order valence-electron chi connectivity index (χ4n) is 4.98. The number of halogens is 3. The molecule has 3 amide bonds. The number of guanidine groups is 1. The molecule has 4 rings (SSSR count). The molecule has 6 N–H and O–H groups in total. The van der Waals surface area contributed by atoms with E-state index in [1.165, 1.54) is 9.80 Å². The number of aliphatic hydroxyl groups is 1. The number of carbonyl (C=O) groups excluding carboxylic acids is 3. The maximum atomic E-state index is 13.4. The lowest BCUT2D eigenvalue weighted by molar-refractivity contribution is -0.192. The first kappa shape index (κ1) is 32.6. The normalized spacial score (nSPS) is 24.1. The van der Waals surface area contributed by atoms with Gasteiger partial charge in [-0.25, -0.2) is 17.5 Å². The third kappa shape index (κ3) is 7.47. The maximum absolute atomic E-state index is 13.4. The molecule has 0 bridgehead atoms. The number of nitrogens with zero attached hydrogens (tertiary/aromatic N) is 3. The molecular weight excluding hydrogens is 589 g/mol. The van der Waals surface area contributed by atoms with Crippen molar-refractivity contribution in [3.8, 4) is 0 Å². The van der Waals surface area contributed by atoms with Crippen LogP contribution in [0.4, 0.5) is 13.2 Å². The van der Waals surface area contributed by atoms with E-state index >= 15 is 0 Å². The number of alkyl halides is 3. The lowest BCUT2D eigenvalue weighted by Gasteiger charge is -2.39. The van der Waals surface area contributed by atoms with E-state index in [4.69, 9.17) is 21.0 Å². The molecule has 14 nitrogen and oxygen atoms in total. The molecule has 0 saturated carbocycles. The molecule has 232 valence electrons. The van der Waals surface area contributed by atoms with Gasteiger partial charge in [-0.2, -0.15) is 13.2 Å². The highest BCUT2D eigenvalue weighted by Crippen LogP contribution is 2.30. The molecule has 1 aromatic rings. The number of amides is 3. The van der Waals surface area contributed by atoms with E-state index in [0.29, 0.717) is 42.1 Å². The predicted molar refractivity (Wildman–Crippen MR) is 139 cm³/mol. The minimum Gasteiger partial charge on any atom is -0.475 e. The number of hydrogen-bond donors (Lipinski definition) is 5. The first-order chi connectivity index (χ1) is 19.5. The molecule has 3 aliphatic heterocycles. The van der Waals surface area contributed by atoms with Gasteiger partial charge < -0.3 is 31.1 Å². The summed E-state index contributed by atoms with van der Waals surface area (Å²) < 4.78 is 58.5. The van der Waals surface area contributed by atoms with Gasteiger partial charge in [-0.3, -0.25) is 19.8 Å². The smallest absolute Gasteiger partial charge is 0.475 e. The van der Waals surface area contributed by atoms with Crippen molar-refractivity contribution in [1.29, 1.82) is 5.41 Å². The van der Waals surface area contributed by atoms with Gasteiger partial charge in [0, 0.05) is 18.7 Å². The van der Waals surface area contributed by atoms with Crippen molar-refractivity contribution in [2.24, 2.45) is 5.73 Å². The summed E-state index contributed by atoms with van der Waals surface area (Å²) in [5, 5.41) is 27.8. The van der Waals surface area contributed by atoms with Gasteiger partial charge in [0.25, 0.3) is 5.91 Å². The second-order valence-electron chi connectivity index (χ2n) is 9.90. The van der Waals surface area contributed by atoms with Crippen LogP contribution in [0.3, 0.4) is 0 Å². The Hall–Kier alpha value is -3.93. The molecule has 3 heterocycles. The van der Waals surface area contributed by atoms with Crippen LogP contribution in [0, 0.1) is 5.41 Å². The third-order valence-corrected chi connectivity index (χ3v) is 8.64. The van der Waals surface area contributed by atoms with Crippen LogP contribution in [0.2, 0.25) is 0 Å². The zero-order valence-corrected chi connectivity index (χ0v) is 23.0. The van der Waals surface area contributed by atoms with Crippen molar-refractivity contribution >= 4 is 39.7 Å². The molecule has 3 atom stereocenters. The molecule has 0 aromatic heterocycles. The van der Waals surface area contributed by atoms with Gasteiger partial charge in [-0.1, -0.05) is 18.2 Å². The largest absolute Gasteiger partial charge is 0.490 e. The zero-order valence-electron chi connectivity index (χ0n) is 22.2. The highest BCUT2D eigenvalue weighted by atomic mass is 32.2. The summed E-state index contributed by atoms with van der Waals surface area (Å²) in [6, 6.07) is 4.55. The van der Waals surface area contributed by atoms with Gasteiger partial charge in [0.2, 0.25) is 21.8 Å². The van der Waals surface area contributed by atoms with E-state index in [-0.39, 0.29) is 36.8 Å². The van der Waals surface area contributed by atoms with Crippen LogP contribution < -0.4 is 11.1 Å². The van der Waals surface area contributed by atoms with Crippen LogP contribution in [0.15, 0.2) is 24.3 Å². The number of likely N-dealkylation sites (tertiary alicyclic amines) is 2. The molecule has 2 saturated heterocycles. The number of carbonyl (C=O) groups is 4. The summed E-state index contributed by atoms with van der Waals surface area (Å²) in [4.78, 5) is 50.8. The first-order valence-electron chi connectivity index (χ1n) is 12.9. The lowest BCUT2D eigenvalue weighted by Crippen LogP contribution is -2.60. The average Bonchev–Trinajstić information content (AvgIpc) is 3.05. The molecule has 42 heavy (non-hydrogen) atoms. The fourth-order valence-corrected chi connectivity index (χ4v) is 6.69. The van der Waals surface area contributed by atoms with E-state index in [2.05, 4.69) is 5.32 Å². The molecule has 2 fully saturated rings. The molecule has 0 radical (unpaired) electrons. The van der Waals surface area contributed by atoms with E-state index in [9.17, 15) is 41.1 Å². The van der Waals surface area contributed by atoms with Crippen LogP contribution >= 0.6 is 0 Å². The van der Waals surface area contributed by atoms with Crippen LogP contribution in [0.5, 0.6) is 0 Å². The quantitative estimate of drug-likeness (QED) is 0.220. The van der Waals surface area contributed by atoms with Crippen molar-refractivity contribution < 1.29 is 51.0 Å². The summed E-state index contributed by atoms with van der Waals surface area (Å²) >= 11 is 0. The number of hydrogen-bond acceptors (Lipinski definition) is 8. The number of fused-ring (bicyclic) bond motifs is 1. The van der Waals surface area contributed by atoms with Gasteiger partial charge in [0.05, 0.1) is 18.3 Å². The highest BCUT2D eigenvalue weighted by molar-refractivity contribution is 7.89. The number of nitrogens with two attached hydrogens (primary N) is 1. The number of aliphatic carboxylic acids is 1. The van der Waals surface area contributed by atoms with Gasteiger partial charge >= 0.3 is 12.1 Å². The molecule has 3 aliphatic rings. The monoisotopic (exact) mass is 620 g/mol. The van der Waals surface area contributed by atoms with Gasteiger partial charge in [0.1, 0.15) is 12.3 Å². The first-order valence-corrected chi connectivity index (χ1v) is 14.5. The number of nitrogens with one attached hydrogen (secondary N) is 2. The van der Waals surface area contributed by atoms with Gasteiger partial charge in [-0.15, -0.1) is 0 Å². The Balaban J connectivity index is 0.000000616. The summed E-state index contributed by atoms with van der Waals surface area (Å²) in [6.07, 6.45) is -3.90. The molecule has 0 spiro atoms. The number of carboxylic acids is 1. The Bertz CT molecular complexity index is 1340. The predicted octanol–water partition coefficient (Wildman–Crippen LogP) is -0.221. The minimum absolute atomic E-state index is 0.180. The number of rotatable bonds is 4. The zero-order chi connectivity index (χ0) is 31.4. The Morgan fingerprint density at radius 1 is 1.10 bits per heavy atom. The second-order valence-corrected chi connectivity index (χ2v) is 11.7. The van der Waals surface area contributed by atoms with Crippen molar-refractivity contribution in [3.63, 3.8) is 0 Å². The summed E-state index contributed by atoms with van der Waals surface area (Å²) in [7, 11) is -4.07. The Morgan fingerprint density at radius 3 is 2.36 bits per heavy atom. The average molecular weight is 621 g/mol. The van der Waals surface area contributed by atoms with Crippen LogP contribution in [-0.4, -0.2) is 107 Å². The Kier molecular flexibility index (Phi) is 10.0. The third-order valence-electron chi connectivity index (χ3n) is 6.95. The number of sulfonamides is 1. The Labute approximate surface area is 238 Å². The van der Waals surface area contributed by atoms with Crippen molar-refractivity contribution in [1.82, 2.24) is 19.4 Å². The van der Waals surface area contributed by atoms with Crippen molar-refractivity contribution in [2.75, 3.05) is 19.6 Å². The second kappa shape index (κ2) is 12.9. The van der Waals surface area contributed by atoms with Crippen LogP contribution in [0.25, 0.3) is 0 Å². The SMILES string of the molecule is N=C(N)N1CCC[C@H](NC(=O)CN2CCCC[C@H](N3C(=O)c4ccccc4CS3(=O)=O)C2=O)C1O.O=C(O)C(F)(F)F. The minimum atomic E-state index is -5.08. The number of carboxylic acid groups (broad SMARTS) is 1. The van der Waals surface area contributed by atoms with E-state index < -0.39 is 58.2 Å². The highest BCUT2D eigenvalue weighted by Gasteiger charge is 2.45. The fraction of sp³-hybridized carbons (Fsp3) is 0.542. The molecule has 18 heteroatoms. The van der Waals surface area contributed by atoms with Crippen molar-refractivity contribution in [2.45, 2.75) is 62.3 Å². The van der Waals surface area contributed by atoms with E-state index in [0.717, 1.165) is 0 Å². The van der Waals surface area contributed by atoms with Gasteiger partial charge in [-0.05, 0) is 43.7 Å². The number of piperidine rings is 1. The van der Waals surface area contributed by atoms with E-state index in [1.807, 2.05) is 0 Å².